The van der Waals surface area contributed by atoms with Gasteiger partial charge in [0.05, 0.1) is 11.8 Å². The minimum absolute atomic E-state index is 0.131. The SMILES string of the molecule is CCc1ccc(C(I)C#N)nc1. The van der Waals surface area contributed by atoms with Gasteiger partial charge in [-0.15, -0.1) is 0 Å². The molecule has 1 aromatic rings. The van der Waals surface area contributed by atoms with Crippen LogP contribution in [-0.4, -0.2) is 4.98 Å². The van der Waals surface area contributed by atoms with E-state index in [1.165, 1.54) is 5.56 Å². The second kappa shape index (κ2) is 4.41. The molecule has 1 atom stereocenters. The summed E-state index contributed by atoms with van der Waals surface area (Å²) < 4.78 is -0.131. The zero-order chi connectivity index (χ0) is 8.97. The lowest BCUT2D eigenvalue weighted by Crippen LogP contribution is -1.91. The van der Waals surface area contributed by atoms with E-state index < -0.39 is 0 Å². The van der Waals surface area contributed by atoms with Gasteiger partial charge in [0.1, 0.15) is 3.92 Å². The Morgan fingerprint density at radius 1 is 1.67 bits per heavy atom. The lowest BCUT2D eigenvalue weighted by Gasteiger charge is -2.00. The van der Waals surface area contributed by atoms with Crippen LogP contribution < -0.4 is 0 Å². The van der Waals surface area contributed by atoms with Gasteiger partial charge in [0.15, 0.2) is 0 Å². The third-order valence-corrected chi connectivity index (χ3v) is 2.55. The molecule has 0 aromatic carbocycles. The Balaban J connectivity index is 2.86. The second-order valence-electron chi connectivity index (χ2n) is 2.44. The largest absolute Gasteiger partial charge is 0.259 e. The van der Waals surface area contributed by atoms with Crippen LogP contribution in [0.2, 0.25) is 0 Å². The zero-order valence-corrected chi connectivity index (χ0v) is 8.95. The number of aromatic nitrogens is 1. The number of aryl methyl sites for hydroxylation is 1. The van der Waals surface area contributed by atoms with Crippen LogP contribution in [0, 0.1) is 11.3 Å². The van der Waals surface area contributed by atoms with Gasteiger partial charge in [0, 0.05) is 6.20 Å². The molecule has 0 spiro atoms. The fourth-order valence-electron chi connectivity index (χ4n) is 0.861. The molecule has 1 heterocycles. The molecule has 0 saturated carbocycles. The van der Waals surface area contributed by atoms with Crippen molar-refractivity contribution in [3.63, 3.8) is 0 Å². The van der Waals surface area contributed by atoms with E-state index in [0.29, 0.717) is 0 Å². The molecule has 1 aromatic heterocycles. The van der Waals surface area contributed by atoms with Crippen LogP contribution in [0.4, 0.5) is 0 Å². The molecule has 0 fully saturated rings. The fourth-order valence-corrected chi connectivity index (χ4v) is 1.23. The van der Waals surface area contributed by atoms with Gasteiger partial charge in [-0.3, -0.25) is 4.98 Å². The van der Waals surface area contributed by atoms with E-state index >= 15 is 0 Å². The van der Waals surface area contributed by atoms with E-state index in [1.807, 2.05) is 18.3 Å². The van der Waals surface area contributed by atoms with Crippen LogP contribution in [-0.2, 0) is 6.42 Å². The van der Waals surface area contributed by atoms with E-state index in [0.717, 1.165) is 12.1 Å². The predicted molar refractivity (Wildman–Crippen MR) is 56.0 cm³/mol. The van der Waals surface area contributed by atoms with Crippen LogP contribution in [0.25, 0.3) is 0 Å². The van der Waals surface area contributed by atoms with Crippen molar-refractivity contribution in [2.45, 2.75) is 17.3 Å². The second-order valence-corrected chi connectivity index (χ2v) is 3.68. The molecule has 1 unspecified atom stereocenters. The first-order valence-corrected chi connectivity index (χ1v) is 5.01. The summed E-state index contributed by atoms with van der Waals surface area (Å²) in [6.45, 7) is 2.09. The highest BCUT2D eigenvalue weighted by Crippen LogP contribution is 2.19. The van der Waals surface area contributed by atoms with Crippen molar-refractivity contribution in [2.24, 2.45) is 0 Å². The Hall–Kier alpha value is -0.630. The summed E-state index contributed by atoms with van der Waals surface area (Å²) in [4.78, 5) is 4.19. The topological polar surface area (TPSA) is 36.7 Å². The van der Waals surface area contributed by atoms with E-state index in [-0.39, 0.29) is 3.92 Å². The quantitative estimate of drug-likeness (QED) is 0.613. The maximum Gasteiger partial charge on any atom is 0.140 e. The number of rotatable bonds is 2. The van der Waals surface area contributed by atoms with Crippen molar-refractivity contribution in [3.05, 3.63) is 29.6 Å². The van der Waals surface area contributed by atoms with Crippen LogP contribution in [0.5, 0.6) is 0 Å². The monoisotopic (exact) mass is 272 g/mol. The Labute approximate surface area is 85.8 Å². The predicted octanol–water partition coefficient (Wildman–Crippen LogP) is 2.64. The van der Waals surface area contributed by atoms with Gasteiger partial charge in [-0.1, -0.05) is 35.6 Å². The molecule has 62 valence electrons. The lowest BCUT2D eigenvalue weighted by atomic mass is 10.2. The average molecular weight is 272 g/mol. The Morgan fingerprint density at radius 3 is 2.83 bits per heavy atom. The molecule has 0 aliphatic rings. The lowest BCUT2D eigenvalue weighted by molar-refractivity contribution is 1.05. The van der Waals surface area contributed by atoms with Crippen molar-refractivity contribution in [1.29, 1.82) is 5.26 Å². The molecular formula is C9H9IN2. The van der Waals surface area contributed by atoms with Crippen molar-refractivity contribution >= 4 is 22.6 Å². The van der Waals surface area contributed by atoms with E-state index in [1.54, 1.807) is 0 Å². The summed E-state index contributed by atoms with van der Waals surface area (Å²) in [6, 6.07) is 6.08. The maximum absolute atomic E-state index is 8.62. The first-order chi connectivity index (χ1) is 5.77. The maximum atomic E-state index is 8.62. The zero-order valence-electron chi connectivity index (χ0n) is 6.79. The van der Waals surface area contributed by atoms with Crippen LogP contribution in [0.3, 0.4) is 0 Å². The van der Waals surface area contributed by atoms with Crippen LogP contribution in [0.15, 0.2) is 18.3 Å². The van der Waals surface area contributed by atoms with Crippen molar-refractivity contribution in [1.82, 2.24) is 4.98 Å². The summed E-state index contributed by atoms with van der Waals surface area (Å²) in [6.07, 6.45) is 2.82. The number of halogens is 1. The first-order valence-electron chi connectivity index (χ1n) is 3.76. The normalized spacial score (nSPS) is 12.1. The van der Waals surface area contributed by atoms with E-state index in [2.05, 4.69) is 40.6 Å². The van der Waals surface area contributed by atoms with Gasteiger partial charge < -0.3 is 0 Å². The van der Waals surface area contributed by atoms with Crippen LogP contribution >= 0.6 is 22.6 Å². The van der Waals surface area contributed by atoms with Gasteiger partial charge in [0.2, 0.25) is 0 Å². The molecule has 3 heteroatoms. The Morgan fingerprint density at radius 2 is 2.42 bits per heavy atom. The molecule has 0 saturated heterocycles. The molecule has 12 heavy (non-hydrogen) atoms. The highest BCUT2D eigenvalue weighted by molar-refractivity contribution is 14.1. The summed E-state index contributed by atoms with van der Waals surface area (Å²) in [7, 11) is 0. The third-order valence-electron chi connectivity index (χ3n) is 1.63. The minimum Gasteiger partial charge on any atom is -0.259 e. The molecule has 0 amide bonds. The molecule has 2 nitrogen and oxygen atoms in total. The number of nitriles is 1. The Kier molecular flexibility index (Phi) is 3.48. The van der Waals surface area contributed by atoms with Gasteiger partial charge in [-0.05, 0) is 18.1 Å². The minimum atomic E-state index is -0.131. The van der Waals surface area contributed by atoms with Crippen molar-refractivity contribution in [2.75, 3.05) is 0 Å². The molecule has 0 bridgehead atoms. The van der Waals surface area contributed by atoms with E-state index in [9.17, 15) is 0 Å². The summed E-state index contributed by atoms with van der Waals surface area (Å²) >= 11 is 2.07. The standard InChI is InChI=1S/C9H9IN2/c1-2-7-3-4-9(12-6-7)8(10)5-11/h3-4,6,8H,2H2,1H3. The number of alkyl halides is 1. The summed E-state index contributed by atoms with van der Waals surface area (Å²) in [5, 5.41) is 8.62. The fraction of sp³-hybridized carbons (Fsp3) is 0.333. The highest BCUT2D eigenvalue weighted by Gasteiger charge is 2.05. The van der Waals surface area contributed by atoms with Crippen molar-refractivity contribution < 1.29 is 0 Å². The van der Waals surface area contributed by atoms with Gasteiger partial charge in [-0.2, -0.15) is 5.26 Å². The van der Waals surface area contributed by atoms with Crippen LogP contribution in [0.1, 0.15) is 22.1 Å². The highest BCUT2D eigenvalue weighted by atomic mass is 127. The molecule has 0 N–H and O–H groups in total. The summed E-state index contributed by atoms with van der Waals surface area (Å²) in [5.41, 5.74) is 2.05. The Bertz CT molecular complexity index is 286. The third kappa shape index (κ3) is 2.18. The molecular weight excluding hydrogens is 263 g/mol. The molecule has 0 aliphatic carbocycles. The van der Waals surface area contributed by atoms with Gasteiger partial charge >= 0.3 is 0 Å². The first kappa shape index (κ1) is 9.46. The van der Waals surface area contributed by atoms with Gasteiger partial charge in [-0.25, -0.2) is 0 Å². The molecule has 0 radical (unpaired) electrons. The molecule has 0 aliphatic heterocycles. The van der Waals surface area contributed by atoms with Gasteiger partial charge in [0.25, 0.3) is 0 Å². The van der Waals surface area contributed by atoms with Crippen molar-refractivity contribution in [3.8, 4) is 6.07 Å². The number of nitrogens with zero attached hydrogens (tertiary/aromatic N) is 2. The smallest absolute Gasteiger partial charge is 0.140 e. The summed E-state index contributed by atoms with van der Waals surface area (Å²) in [5.74, 6) is 0. The number of pyridine rings is 1. The molecule has 1 rings (SSSR count). The average Bonchev–Trinajstić information content (AvgIpc) is 2.17. The number of hydrogen-bond acceptors (Lipinski definition) is 2. The number of hydrogen-bond donors (Lipinski definition) is 0. The van der Waals surface area contributed by atoms with E-state index in [4.69, 9.17) is 5.26 Å².